The van der Waals surface area contributed by atoms with E-state index in [1.54, 1.807) is 4.90 Å². The molecular weight excluding hydrogens is 202 g/mol. The van der Waals surface area contributed by atoms with E-state index in [4.69, 9.17) is 5.73 Å². The van der Waals surface area contributed by atoms with Gasteiger partial charge in [0.2, 0.25) is 0 Å². The van der Waals surface area contributed by atoms with Gasteiger partial charge in [0.15, 0.2) is 0 Å². The van der Waals surface area contributed by atoms with Crippen LogP contribution in [0.25, 0.3) is 10.9 Å². The van der Waals surface area contributed by atoms with Crippen molar-refractivity contribution in [2.24, 2.45) is 5.73 Å². The topological polar surface area (TPSA) is 62.1 Å². The second kappa shape index (κ2) is 3.01. The summed E-state index contributed by atoms with van der Waals surface area (Å²) < 4.78 is 0. The number of urea groups is 1. The molecule has 1 aliphatic rings. The van der Waals surface area contributed by atoms with Crippen molar-refractivity contribution in [3.05, 3.63) is 29.5 Å². The summed E-state index contributed by atoms with van der Waals surface area (Å²) >= 11 is 0. The number of amides is 2. The smallest absolute Gasteiger partial charge is 0.319 e. The van der Waals surface area contributed by atoms with Gasteiger partial charge >= 0.3 is 6.03 Å². The van der Waals surface area contributed by atoms with E-state index in [0.29, 0.717) is 6.54 Å². The Hall–Kier alpha value is -1.97. The zero-order valence-corrected chi connectivity index (χ0v) is 9.08. The molecule has 3 rings (SSSR count). The van der Waals surface area contributed by atoms with Crippen LogP contribution in [0.5, 0.6) is 0 Å². The Balaban J connectivity index is 2.26. The number of H-pyrrole nitrogens is 1. The molecule has 0 spiro atoms. The fraction of sp³-hybridized carbons (Fsp3) is 0.250. The van der Waals surface area contributed by atoms with Crippen molar-refractivity contribution in [2.75, 3.05) is 11.4 Å². The summed E-state index contributed by atoms with van der Waals surface area (Å²) in [6, 6.07) is 5.72. The minimum Gasteiger partial charge on any atom is -0.359 e. The summed E-state index contributed by atoms with van der Waals surface area (Å²) in [5, 5.41) is 1.21. The Morgan fingerprint density at radius 2 is 2.31 bits per heavy atom. The van der Waals surface area contributed by atoms with Crippen LogP contribution in [0.3, 0.4) is 0 Å². The minimum atomic E-state index is -0.370. The Morgan fingerprint density at radius 1 is 1.50 bits per heavy atom. The second-order valence-electron chi connectivity index (χ2n) is 4.22. The van der Waals surface area contributed by atoms with Crippen LogP contribution in [-0.2, 0) is 6.42 Å². The van der Waals surface area contributed by atoms with E-state index in [2.05, 4.69) is 11.1 Å². The van der Waals surface area contributed by atoms with E-state index in [1.807, 2.05) is 19.1 Å². The van der Waals surface area contributed by atoms with Gasteiger partial charge in [-0.2, -0.15) is 0 Å². The van der Waals surface area contributed by atoms with E-state index in [0.717, 1.165) is 23.3 Å². The van der Waals surface area contributed by atoms with Crippen LogP contribution in [0.15, 0.2) is 18.2 Å². The molecule has 4 nitrogen and oxygen atoms in total. The van der Waals surface area contributed by atoms with Crippen molar-refractivity contribution >= 4 is 22.6 Å². The number of anilines is 1. The summed E-state index contributed by atoms with van der Waals surface area (Å²) in [5.41, 5.74) is 9.79. The zero-order chi connectivity index (χ0) is 11.3. The molecule has 1 aliphatic heterocycles. The summed E-state index contributed by atoms with van der Waals surface area (Å²) in [6.07, 6.45) is 0.882. The number of nitrogens with two attached hydrogens (primary N) is 1. The number of carbonyl (C=O) groups is 1. The van der Waals surface area contributed by atoms with Crippen molar-refractivity contribution in [1.29, 1.82) is 0 Å². The first-order valence-corrected chi connectivity index (χ1v) is 5.35. The van der Waals surface area contributed by atoms with Gasteiger partial charge in [-0.1, -0.05) is 0 Å². The Morgan fingerprint density at radius 3 is 3.06 bits per heavy atom. The molecule has 1 aromatic heterocycles. The highest BCUT2D eigenvalue weighted by molar-refractivity contribution is 5.98. The van der Waals surface area contributed by atoms with Crippen LogP contribution in [0.4, 0.5) is 10.5 Å². The minimum absolute atomic E-state index is 0.370. The first-order valence-electron chi connectivity index (χ1n) is 5.35. The predicted molar refractivity (Wildman–Crippen MR) is 63.7 cm³/mol. The van der Waals surface area contributed by atoms with Gasteiger partial charge in [-0.3, -0.25) is 4.90 Å². The van der Waals surface area contributed by atoms with Crippen molar-refractivity contribution in [1.82, 2.24) is 4.98 Å². The van der Waals surface area contributed by atoms with Crippen LogP contribution in [0.1, 0.15) is 11.3 Å². The van der Waals surface area contributed by atoms with Crippen LogP contribution >= 0.6 is 0 Å². The zero-order valence-electron chi connectivity index (χ0n) is 9.08. The fourth-order valence-corrected chi connectivity index (χ4v) is 2.48. The number of rotatable bonds is 0. The van der Waals surface area contributed by atoms with Crippen LogP contribution in [0, 0.1) is 6.92 Å². The molecule has 0 atom stereocenters. The van der Waals surface area contributed by atoms with Crippen molar-refractivity contribution in [2.45, 2.75) is 13.3 Å². The maximum absolute atomic E-state index is 11.2. The lowest BCUT2D eigenvalue weighted by Gasteiger charge is -2.13. The second-order valence-corrected chi connectivity index (χ2v) is 4.22. The van der Waals surface area contributed by atoms with Crippen LogP contribution in [0.2, 0.25) is 0 Å². The molecule has 2 heterocycles. The molecule has 0 aliphatic carbocycles. The molecular formula is C12H13N3O. The van der Waals surface area contributed by atoms with Gasteiger partial charge in [-0.05, 0) is 37.1 Å². The van der Waals surface area contributed by atoms with Gasteiger partial charge < -0.3 is 10.7 Å². The number of aryl methyl sites for hydroxylation is 1. The number of hydrogen-bond acceptors (Lipinski definition) is 1. The molecule has 2 aromatic rings. The van der Waals surface area contributed by atoms with Crippen molar-refractivity contribution < 1.29 is 4.79 Å². The SMILES string of the molecule is Cc1cc2c3c(ccc2[nH]1)N(C(N)=O)CC3. The van der Waals surface area contributed by atoms with E-state index in [9.17, 15) is 4.79 Å². The highest BCUT2D eigenvalue weighted by Gasteiger charge is 2.24. The van der Waals surface area contributed by atoms with E-state index in [-0.39, 0.29) is 6.03 Å². The molecule has 82 valence electrons. The molecule has 16 heavy (non-hydrogen) atoms. The average Bonchev–Trinajstić information content (AvgIpc) is 2.77. The van der Waals surface area contributed by atoms with Gasteiger partial charge in [-0.15, -0.1) is 0 Å². The number of nitrogens with zero attached hydrogens (tertiary/aromatic N) is 1. The molecule has 0 saturated carbocycles. The van der Waals surface area contributed by atoms with E-state index < -0.39 is 0 Å². The Kier molecular flexibility index (Phi) is 1.74. The lowest BCUT2D eigenvalue weighted by Crippen LogP contribution is -2.33. The van der Waals surface area contributed by atoms with Crippen molar-refractivity contribution in [3.8, 4) is 0 Å². The number of hydrogen-bond donors (Lipinski definition) is 2. The molecule has 3 N–H and O–H groups in total. The fourth-order valence-electron chi connectivity index (χ4n) is 2.48. The predicted octanol–water partition coefficient (Wildman–Crippen LogP) is 1.92. The first kappa shape index (κ1) is 9.27. The molecule has 0 unspecified atom stereocenters. The van der Waals surface area contributed by atoms with Gasteiger partial charge in [0, 0.05) is 28.8 Å². The number of carbonyl (C=O) groups excluding carboxylic acids is 1. The number of aromatic amines is 1. The van der Waals surface area contributed by atoms with Gasteiger partial charge in [0.25, 0.3) is 0 Å². The third-order valence-corrected chi connectivity index (χ3v) is 3.17. The monoisotopic (exact) mass is 215 g/mol. The molecule has 0 bridgehead atoms. The molecule has 0 radical (unpaired) electrons. The molecule has 1 aromatic carbocycles. The standard InChI is InChI=1S/C12H13N3O/c1-7-6-9-8-4-5-15(12(13)16)11(8)3-2-10(9)14-7/h2-3,6,14H,4-5H2,1H3,(H2,13,16). The summed E-state index contributed by atoms with van der Waals surface area (Å²) in [5.74, 6) is 0. The third-order valence-electron chi connectivity index (χ3n) is 3.17. The molecule has 4 heteroatoms. The number of nitrogens with one attached hydrogen (secondary N) is 1. The Bertz CT molecular complexity index is 585. The maximum atomic E-state index is 11.2. The lowest BCUT2D eigenvalue weighted by molar-refractivity contribution is 0.254. The molecule has 0 fully saturated rings. The lowest BCUT2D eigenvalue weighted by atomic mass is 10.1. The largest absolute Gasteiger partial charge is 0.359 e. The summed E-state index contributed by atoms with van der Waals surface area (Å²) in [4.78, 5) is 16.2. The third kappa shape index (κ3) is 1.13. The highest BCUT2D eigenvalue weighted by atomic mass is 16.2. The maximum Gasteiger partial charge on any atom is 0.319 e. The first-order chi connectivity index (χ1) is 7.66. The van der Waals surface area contributed by atoms with Crippen LogP contribution < -0.4 is 10.6 Å². The Labute approximate surface area is 93.0 Å². The normalized spacial score (nSPS) is 14.4. The van der Waals surface area contributed by atoms with Gasteiger partial charge in [0.1, 0.15) is 0 Å². The molecule has 2 amide bonds. The number of aromatic nitrogens is 1. The number of fused-ring (bicyclic) bond motifs is 3. The van der Waals surface area contributed by atoms with E-state index >= 15 is 0 Å². The summed E-state index contributed by atoms with van der Waals surface area (Å²) in [7, 11) is 0. The van der Waals surface area contributed by atoms with Gasteiger partial charge in [0.05, 0.1) is 0 Å². The highest BCUT2D eigenvalue weighted by Crippen LogP contribution is 2.34. The summed E-state index contributed by atoms with van der Waals surface area (Å²) in [6.45, 7) is 2.72. The van der Waals surface area contributed by atoms with Crippen LogP contribution in [-0.4, -0.2) is 17.6 Å². The quantitative estimate of drug-likeness (QED) is 0.692. The number of benzene rings is 1. The average molecular weight is 215 g/mol. The number of primary amides is 1. The van der Waals surface area contributed by atoms with E-state index in [1.165, 1.54) is 10.9 Å². The van der Waals surface area contributed by atoms with Gasteiger partial charge in [-0.25, -0.2) is 4.79 Å². The van der Waals surface area contributed by atoms with Crippen molar-refractivity contribution in [3.63, 3.8) is 0 Å². The molecule has 0 saturated heterocycles.